The van der Waals surface area contributed by atoms with Crippen LogP contribution in [0, 0.1) is 17.3 Å². The van der Waals surface area contributed by atoms with Crippen molar-refractivity contribution in [3.05, 3.63) is 0 Å². The minimum Gasteiger partial charge on any atom is -0.392 e. The van der Waals surface area contributed by atoms with Crippen LogP contribution in [0.4, 0.5) is 0 Å². The van der Waals surface area contributed by atoms with E-state index in [1.54, 1.807) is 0 Å². The lowest BCUT2D eigenvalue weighted by Gasteiger charge is -2.11. The summed E-state index contributed by atoms with van der Waals surface area (Å²) in [6.07, 6.45) is 2.41. The monoisotopic (exact) mass is 156 g/mol. The SMILES string of the molecule is CC(C)CCC1(C)C(C)C1O. The van der Waals surface area contributed by atoms with Gasteiger partial charge in [0.1, 0.15) is 0 Å². The van der Waals surface area contributed by atoms with Gasteiger partial charge in [0.05, 0.1) is 6.10 Å². The van der Waals surface area contributed by atoms with Crippen LogP contribution in [0.3, 0.4) is 0 Å². The van der Waals surface area contributed by atoms with Crippen LogP contribution in [0.2, 0.25) is 0 Å². The Morgan fingerprint density at radius 1 is 1.45 bits per heavy atom. The molecule has 0 aliphatic heterocycles. The Hall–Kier alpha value is -0.0400. The third kappa shape index (κ3) is 1.58. The number of hydrogen-bond acceptors (Lipinski definition) is 1. The largest absolute Gasteiger partial charge is 0.392 e. The van der Waals surface area contributed by atoms with E-state index in [9.17, 15) is 5.11 Å². The van der Waals surface area contributed by atoms with E-state index in [0.29, 0.717) is 5.92 Å². The lowest BCUT2D eigenvalue weighted by atomic mass is 9.95. The van der Waals surface area contributed by atoms with Gasteiger partial charge in [-0.3, -0.25) is 0 Å². The normalized spacial score (nSPS) is 43.1. The van der Waals surface area contributed by atoms with Crippen molar-refractivity contribution in [1.82, 2.24) is 0 Å². The predicted molar refractivity (Wildman–Crippen MR) is 47.3 cm³/mol. The molecule has 1 N–H and O–H groups in total. The van der Waals surface area contributed by atoms with Gasteiger partial charge in [0, 0.05) is 0 Å². The molecule has 0 heterocycles. The number of rotatable bonds is 3. The zero-order chi connectivity index (χ0) is 8.65. The highest BCUT2D eigenvalue weighted by atomic mass is 16.3. The average molecular weight is 156 g/mol. The fraction of sp³-hybridized carbons (Fsp3) is 1.00. The molecule has 0 amide bonds. The van der Waals surface area contributed by atoms with Gasteiger partial charge in [-0.15, -0.1) is 0 Å². The first-order valence-electron chi connectivity index (χ1n) is 4.66. The lowest BCUT2D eigenvalue weighted by molar-refractivity contribution is 0.215. The van der Waals surface area contributed by atoms with Gasteiger partial charge >= 0.3 is 0 Å². The van der Waals surface area contributed by atoms with Gasteiger partial charge in [-0.25, -0.2) is 0 Å². The van der Waals surface area contributed by atoms with Gasteiger partial charge in [-0.05, 0) is 23.7 Å². The number of hydrogen-bond donors (Lipinski definition) is 1. The van der Waals surface area contributed by atoms with Crippen molar-refractivity contribution in [3.8, 4) is 0 Å². The standard InChI is InChI=1S/C10H20O/c1-7(2)5-6-10(4)8(3)9(10)11/h7-9,11H,5-6H2,1-4H3. The molecule has 0 bridgehead atoms. The van der Waals surface area contributed by atoms with Crippen LogP contribution in [0.1, 0.15) is 40.5 Å². The molecular weight excluding hydrogens is 136 g/mol. The molecule has 11 heavy (non-hydrogen) atoms. The molecule has 0 aromatic heterocycles. The molecule has 0 saturated heterocycles. The van der Waals surface area contributed by atoms with Crippen LogP contribution in [-0.4, -0.2) is 11.2 Å². The Morgan fingerprint density at radius 2 is 1.91 bits per heavy atom. The molecule has 1 rings (SSSR count). The maximum atomic E-state index is 9.47. The highest BCUT2D eigenvalue weighted by molar-refractivity contribution is 5.05. The second-order valence-electron chi connectivity index (χ2n) is 4.67. The maximum absolute atomic E-state index is 9.47. The van der Waals surface area contributed by atoms with Crippen molar-refractivity contribution in [2.45, 2.75) is 46.6 Å². The summed E-state index contributed by atoms with van der Waals surface area (Å²) in [4.78, 5) is 0. The van der Waals surface area contributed by atoms with Crippen LogP contribution >= 0.6 is 0 Å². The molecule has 0 aromatic carbocycles. The first-order chi connectivity index (χ1) is 4.98. The van der Waals surface area contributed by atoms with Crippen molar-refractivity contribution >= 4 is 0 Å². The predicted octanol–water partition coefficient (Wildman–Crippen LogP) is 2.44. The summed E-state index contributed by atoms with van der Waals surface area (Å²) in [5.41, 5.74) is 0.254. The van der Waals surface area contributed by atoms with Gasteiger partial charge in [-0.2, -0.15) is 0 Å². The Bertz CT molecular complexity index is 132. The minimum absolute atomic E-state index is 0.0266. The minimum atomic E-state index is -0.0266. The van der Waals surface area contributed by atoms with Gasteiger partial charge in [0.15, 0.2) is 0 Å². The second kappa shape index (κ2) is 2.78. The molecule has 3 atom stereocenters. The van der Waals surface area contributed by atoms with E-state index in [-0.39, 0.29) is 11.5 Å². The molecule has 1 fully saturated rings. The molecule has 1 nitrogen and oxygen atoms in total. The van der Waals surface area contributed by atoms with Crippen molar-refractivity contribution in [2.24, 2.45) is 17.3 Å². The van der Waals surface area contributed by atoms with E-state index in [2.05, 4.69) is 27.7 Å². The van der Waals surface area contributed by atoms with Gasteiger partial charge in [0.2, 0.25) is 0 Å². The lowest BCUT2D eigenvalue weighted by Crippen LogP contribution is -2.03. The molecule has 3 unspecified atom stereocenters. The number of aliphatic hydroxyl groups is 1. The summed E-state index contributed by atoms with van der Waals surface area (Å²) >= 11 is 0. The Morgan fingerprint density at radius 3 is 2.18 bits per heavy atom. The quantitative estimate of drug-likeness (QED) is 0.665. The topological polar surface area (TPSA) is 20.2 Å². The van der Waals surface area contributed by atoms with E-state index >= 15 is 0 Å². The van der Waals surface area contributed by atoms with Gasteiger partial charge in [0.25, 0.3) is 0 Å². The van der Waals surface area contributed by atoms with E-state index < -0.39 is 0 Å². The smallest absolute Gasteiger partial charge is 0.0628 e. The van der Waals surface area contributed by atoms with Crippen molar-refractivity contribution < 1.29 is 5.11 Å². The molecule has 1 heteroatoms. The third-order valence-corrected chi connectivity index (χ3v) is 3.34. The molecular formula is C10H20O. The molecule has 0 aromatic rings. The van der Waals surface area contributed by atoms with Crippen molar-refractivity contribution in [3.63, 3.8) is 0 Å². The van der Waals surface area contributed by atoms with Gasteiger partial charge < -0.3 is 5.11 Å². The summed E-state index contributed by atoms with van der Waals surface area (Å²) < 4.78 is 0. The van der Waals surface area contributed by atoms with E-state index in [1.807, 2.05) is 0 Å². The number of aliphatic hydroxyl groups excluding tert-OH is 1. The van der Waals surface area contributed by atoms with Crippen LogP contribution in [0.25, 0.3) is 0 Å². The van der Waals surface area contributed by atoms with Crippen LogP contribution < -0.4 is 0 Å². The highest BCUT2D eigenvalue weighted by Crippen LogP contribution is 2.55. The van der Waals surface area contributed by atoms with E-state index in [0.717, 1.165) is 5.92 Å². The Labute approximate surface area is 69.8 Å². The van der Waals surface area contributed by atoms with Crippen LogP contribution in [0.5, 0.6) is 0 Å². The molecule has 1 aliphatic rings. The maximum Gasteiger partial charge on any atom is 0.0628 e. The summed E-state index contributed by atoms with van der Waals surface area (Å²) in [6.45, 7) is 8.82. The van der Waals surface area contributed by atoms with Crippen LogP contribution in [-0.2, 0) is 0 Å². The first-order valence-corrected chi connectivity index (χ1v) is 4.66. The summed E-state index contributed by atoms with van der Waals surface area (Å²) in [5.74, 6) is 1.30. The zero-order valence-corrected chi connectivity index (χ0v) is 8.09. The molecule has 1 saturated carbocycles. The Kier molecular flexibility index (Phi) is 2.29. The fourth-order valence-corrected chi connectivity index (χ4v) is 1.74. The van der Waals surface area contributed by atoms with Gasteiger partial charge in [-0.1, -0.05) is 34.1 Å². The molecule has 0 spiro atoms. The molecule has 66 valence electrons. The van der Waals surface area contributed by atoms with E-state index in [4.69, 9.17) is 0 Å². The van der Waals surface area contributed by atoms with Crippen LogP contribution in [0.15, 0.2) is 0 Å². The summed E-state index contributed by atoms with van der Waals surface area (Å²) in [7, 11) is 0. The average Bonchev–Trinajstić information content (AvgIpc) is 2.38. The van der Waals surface area contributed by atoms with E-state index in [1.165, 1.54) is 12.8 Å². The molecule has 0 radical (unpaired) electrons. The Balaban J connectivity index is 2.28. The second-order valence-corrected chi connectivity index (χ2v) is 4.67. The molecule has 1 aliphatic carbocycles. The van der Waals surface area contributed by atoms with Crippen molar-refractivity contribution in [1.29, 1.82) is 0 Å². The third-order valence-electron chi connectivity index (χ3n) is 3.34. The summed E-state index contributed by atoms with van der Waals surface area (Å²) in [6, 6.07) is 0. The summed E-state index contributed by atoms with van der Waals surface area (Å²) in [5, 5.41) is 9.47. The first kappa shape index (κ1) is 9.05. The highest BCUT2D eigenvalue weighted by Gasteiger charge is 2.56. The zero-order valence-electron chi connectivity index (χ0n) is 8.09. The fourth-order valence-electron chi connectivity index (χ4n) is 1.74. The van der Waals surface area contributed by atoms with Crippen molar-refractivity contribution in [2.75, 3.05) is 0 Å².